The number of aryl methyl sites for hydroxylation is 1. The number of hydrogen-bond acceptors (Lipinski definition) is 5. The summed E-state index contributed by atoms with van der Waals surface area (Å²) in [6.45, 7) is 4.67. The van der Waals surface area contributed by atoms with Gasteiger partial charge in [-0.2, -0.15) is 0 Å². The smallest absolute Gasteiger partial charge is 0.255 e. The first-order chi connectivity index (χ1) is 13.5. The van der Waals surface area contributed by atoms with Crippen molar-refractivity contribution in [1.29, 1.82) is 0 Å². The summed E-state index contributed by atoms with van der Waals surface area (Å²) in [5, 5.41) is 18.4. The number of fused-ring (bicyclic) bond motifs is 1. The van der Waals surface area contributed by atoms with Crippen molar-refractivity contribution >= 4 is 28.2 Å². The van der Waals surface area contributed by atoms with Crippen LogP contribution in [0.2, 0.25) is 0 Å². The fourth-order valence-corrected chi connectivity index (χ4v) is 3.24. The van der Waals surface area contributed by atoms with Crippen LogP contribution in [0.15, 0.2) is 54.7 Å². The van der Waals surface area contributed by atoms with Gasteiger partial charge in [0.15, 0.2) is 6.10 Å². The van der Waals surface area contributed by atoms with Crippen molar-refractivity contribution in [3.63, 3.8) is 0 Å². The van der Waals surface area contributed by atoms with Gasteiger partial charge in [0.1, 0.15) is 5.82 Å². The molecular formula is C22H26N4O2. The zero-order valence-electron chi connectivity index (χ0n) is 16.1. The summed E-state index contributed by atoms with van der Waals surface area (Å²) in [7, 11) is 0. The van der Waals surface area contributed by atoms with Crippen LogP contribution in [0.4, 0.5) is 11.5 Å². The highest BCUT2D eigenvalue weighted by atomic mass is 16.3. The third-order valence-corrected chi connectivity index (χ3v) is 4.82. The molecule has 0 aliphatic heterocycles. The van der Waals surface area contributed by atoms with E-state index in [-0.39, 0.29) is 0 Å². The molecule has 28 heavy (non-hydrogen) atoms. The summed E-state index contributed by atoms with van der Waals surface area (Å²) in [6.07, 6.45) is 1.34. The zero-order valence-corrected chi connectivity index (χ0v) is 16.1. The average Bonchev–Trinajstić information content (AvgIpc) is 2.71. The molecule has 0 aliphatic carbocycles. The SMILES string of the molecule is CCNC(c1ccc(CC)cc1)C(O)C(=O)Nc1ccc2c(N)nccc2c1. The zero-order chi connectivity index (χ0) is 20.1. The van der Waals surface area contributed by atoms with E-state index in [9.17, 15) is 9.90 Å². The van der Waals surface area contributed by atoms with Crippen molar-refractivity contribution < 1.29 is 9.90 Å². The lowest BCUT2D eigenvalue weighted by Crippen LogP contribution is -2.40. The molecule has 3 aromatic rings. The van der Waals surface area contributed by atoms with Gasteiger partial charge in [0.25, 0.3) is 5.91 Å². The molecule has 1 amide bonds. The first-order valence-electron chi connectivity index (χ1n) is 9.48. The molecule has 0 saturated heterocycles. The molecule has 0 bridgehead atoms. The van der Waals surface area contributed by atoms with E-state index in [1.165, 1.54) is 5.56 Å². The fraction of sp³-hybridized carbons (Fsp3) is 0.273. The topological polar surface area (TPSA) is 100 Å². The van der Waals surface area contributed by atoms with E-state index < -0.39 is 18.1 Å². The predicted octanol–water partition coefficient (Wildman–Crippen LogP) is 3.03. The Balaban J connectivity index is 1.79. The Morgan fingerprint density at radius 2 is 1.89 bits per heavy atom. The number of hydrogen-bond donors (Lipinski definition) is 4. The number of benzene rings is 2. The Hall–Kier alpha value is -2.96. The van der Waals surface area contributed by atoms with Crippen LogP contribution < -0.4 is 16.4 Å². The standard InChI is InChI=1S/C22H26N4O2/c1-3-14-5-7-15(8-6-14)19(24-4-2)20(27)22(28)26-17-9-10-18-16(13-17)11-12-25-21(18)23/h5-13,19-20,24,27H,3-4H2,1-2H3,(H2,23,25)(H,26,28). The molecule has 6 heteroatoms. The van der Waals surface area contributed by atoms with Crippen LogP contribution in [-0.4, -0.2) is 28.6 Å². The number of nitrogens with one attached hydrogen (secondary N) is 2. The number of aromatic nitrogens is 1. The number of nitrogens with zero attached hydrogens (tertiary/aromatic N) is 1. The molecule has 6 nitrogen and oxygen atoms in total. The van der Waals surface area contributed by atoms with Gasteiger partial charge in [-0.25, -0.2) is 4.98 Å². The van der Waals surface area contributed by atoms with E-state index >= 15 is 0 Å². The molecular weight excluding hydrogens is 352 g/mol. The number of pyridine rings is 1. The third kappa shape index (κ3) is 4.30. The van der Waals surface area contributed by atoms with Crippen LogP contribution in [-0.2, 0) is 11.2 Å². The molecule has 1 heterocycles. The van der Waals surface area contributed by atoms with Crippen molar-refractivity contribution in [2.45, 2.75) is 32.4 Å². The second-order valence-corrected chi connectivity index (χ2v) is 6.70. The van der Waals surface area contributed by atoms with Gasteiger partial charge in [-0.3, -0.25) is 4.79 Å². The summed E-state index contributed by atoms with van der Waals surface area (Å²) in [5.41, 5.74) is 8.55. The minimum atomic E-state index is -1.23. The largest absolute Gasteiger partial charge is 0.383 e. The molecule has 2 atom stereocenters. The Labute approximate surface area is 164 Å². The van der Waals surface area contributed by atoms with Gasteiger partial charge in [0.2, 0.25) is 0 Å². The molecule has 0 aliphatic rings. The lowest BCUT2D eigenvalue weighted by Gasteiger charge is -2.24. The van der Waals surface area contributed by atoms with Crippen molar-refractivity contribution in [3.8, 4) is 0 Å². The number of rotatable bonds is 7. The minimum absolute atomic E-state index is 0.443. The Bertz CT molecular complexity index is 956. The number of anilines is 2. The van der Waals surface area contributed by atoms with Crippen LogP contribution in [0.3, 0.4) is 0 Å². The summed E-state index contributed by atoms with van der Waals surface area (Å²) in [4.78, 5) is 16.7. The van der Waals surface area contributed by atoms with Gasteiger partial charge in [-0.15, -0.1) is 0 Å². The van der Waals surface area contributed by atoms with E-state index in [2.05, 4.69) is 22.5 Å². The van der Waals surface area contributed by atoms with Gasteiger partial charge in [0, 0.05) is 17.3 Å². The monoisotopic (exact) mass is 378 g/mol. The van der Waals surface area contributed by atoms with Gasteiger partial charge in [0.05, 0.1) is 6.04 Å². The second kappa shape index (κ2) is 8.82. The Morgan fingerprint density at radius 1 is 1.14 bits per heavy atom. The van der Waals surface area contributed by atoms with Crippen LogP contribution in [0.5, 0.6) is 0 Å². The number of aliphatic hydroxyl groups excluding tert-OH is 1. The maximum Gasteiger partial charge on any atom is 0.255 e. The van der Waals surface area contributed by atoms with Crippen LogP contribution in [0, 0.1) is 0 Å². The predicted molar refractivity (Wildman–Crippen MR) is 113 cm³/mol. The highest BCUT2D eigenvalue weighted by molar-refractivity contribution is 5.98. The summed E-state index contributed by atoms with van der Waals surface area (Å²) in [5.74, 6) is -0.0231. The Morgan fingerprint density at radius 3 is 2.57 bits per heavy atom. The molecule has 2 aromatic carbocycles. The summed E-state index contributed by atoms with van der Waals surface area (Å²) < 4.78 is 0. The average molecular weight is 378 g/mol. The van der Waals surface area contributed by atoms with Crippen molar-refractivity contribution in [2.24, 2.45) is 0 Å². The maximum atomic E-state index is 12.7. The summed E-state index contributed by atoms with van der Waals surface area (Å²) in [6, 6.07) is 14.7. The first kappa shape index (κ1) is 19.8. The molecule has 1 aromatic heterocycles. The molecule has 5 N–H and O–H groups in total. The second-order valence-electron chi connectivity index (χ2n) is 6.70. The number of aliphatic hydroxyl groups is 1. The van der Waals surface area contributed by atoms with Crippen LogP contribution in [0.1, 0.15) is 31.0 Å². The van der Waals surface area contributed by atoms with Crippen LogP contribution in [0.25, 0.3) is 10.8 Å². The first-order valence-corrected chi connectivity index (χ1v) is 9.48. The van der Waals surface area contributed by atoms with E-state index in [0.717, 1.165) is 22.8 Å². The van der Waals surface area contributed by atoms with Gasteiger partial charge < -0.3 is 21.5 Å². The van der Waals surface area contributed by atoms with E-state index in [0.29, 0.717) is 18.1 Å². The van der Waals surface area contributed by atoms with Crippen molar-refractivity contribution in [2.75, 3.05) is 17.6 Å². The van der Waals surface area contributed by atoms with Crippen LogP contribution >= 0.6 is 0 Å². The van der Waals surface area contributed by atoms with E-state index in [1.807, 2.05) is 49.4 Å². The van der Waals surface area contributed by atoms with E-state index in [4.69, 9.17) is 5.73 Å². The van der Waals surface area contributed by atoms with Crippen molar-refractivity contribution in [3.05, 3.63) is 65.9 Å². The quantitative estimate of drug-likeness (QED) is 0.506. The van der Waals surface area contributed by atoms with E-state index in [1.54, 1.807) is 12.3 Å². The lowest BCUT2D eigenvalue weighted by molar-refractivity contribution is -0.125. The normalized spacial score (nSPS) is 13.2. The minimum Gasteiger partial charge on any atom is -0.383 e. The molecule has 0 spiro atoms. The third-order valence-electron chi connectivity index (χ3n) is 4.82. The van der Waals surface area contributed by atoms with Gasteiger partial charge in [-0.05, 0) is 53.7 Å². The van der Waals surface area contributed by atoms with Crippen molar-refractivity contribution in [1.82, 2.24) is 10.3 Å². The number of carbonyl (C=O) groups excluding carboxylic acids is 1. The highest BCUT2D eigenvalue weighted by Crippen LogP contribution is 2.24. The number of amides is 1. The highest BCUT2D eigenvalue weighted by Gasteiger charge is 2.27. The molecule has 0 radical (unpaired) electrons. The number of carbonyl (C=O) groups is 1. The lowest BCUT2D eigenvalue weighted by atomic mass is 9.98. The fourth-order valence-electron chi connectivity index (χ4n) is 3.24. The molecule has 3 rings (SSSR count). The van der Waals surface area contributed by atoms with Gasteiger partial charge >= 0.3 is 0 Å². The molecule has 146 valence electrons. The molecule has 2 unspecified atom stereocenters. The Kier molecular flexibility index (Phi) is 6.23. The number of nitrogen functional groups attached to an aromatic ring is 1. The molecule has 0 saturated carbocycles. The maximum absolute atomic E-state index is 12.7. The molecule has 0 fully saturated rings. The van der Waals surface area contributed by atoms with Gasteiger partial charge in [-0.1, -0.05) is 38.1 Å². The number of nitrogens with two attached hydrogens (primary N) is 1. The number of likely N-dealkylation sites (N-methyl/N-ethyl adjacent to an activating group) is 1. The summed E-state index contributed by atoms with van der Waals surface area (Å²) >= 11 is 0.